The van der Waals surface area contributed by atoms with Gasteiger partial charge in [-0.25, -0.2) is 0 Å². The van der Waals surface area contributed by atoms with E-state index in [9.17, 15) is 0 Å². The van der Waals surface area contributed by atoms with Crippen molar-refractivity contribution in [2.24, 2.45) is 11.7 Å². The van der Waals surface area contributed by atoms with Crippen molar-refractivity contribution in [3.05, 3.63) is 0 Å². The minimum atomic E-state index is 0.380. The molecule has 0 saturated carbocycles. The quantitative estimate of drug-likeness (QED) is 0.574. The normalized spacial score (nSPS) is 27.8. The molecule has 4 heteroatoms. The van der Waals surface area contributed by atoms with Crippen molar-refractivity contribution in [2.75, 3.05) is 45.8 Å². The fourth-order valence-electron chi connectivity index (χ4n) is 2.61. The van der Waals surface area contributed by atoms with E-state index >= 15 is 0 Å². The number of hydrogen-bond acceptors (Lipinski definition) is 4. The highest BCUT2D eigenvalue weighted by atomic mass is 15.2. The molecular weight excluding hydrogens is 188 g/mol. The minimum absolute atomic E-state index is 0.380. The maximum Gasteiger partial charge on any atom is 0.0197 e. The van der Waals surface area contributed by atoms with Gasteiger partial charge >= 0.3 is 0 Å². The van der Waals surface area contributed by atoms with Gasteiger partial charge in [0.25, 0.3) is 0 Å². The summed E-state index contributed by atoms with van der Waals surface area (Å²) < 4.78 is 0. The Morgan fingerprint density at radius 3 is 2.33 bits per heavy atom. The van der Waals surface area contributed by atoms with E-state index in [4.69, 9.17) is 5.73 Å². The third kappa shape index (κ3) is 3.41. The Bertz CT molecular complexity index is 173. The first-order valence-corrected chi connectivity index (χ1v) is 6.25. The Kier molecular flexibility index (Phi) is 4.38. The first kappa shape index (κ1) is 11.3. The molecule has 0 spiro atoms. The summed E-state index contributed by atoms with van der Waals surface area (Å²) in [6.07, 6.45) is 2.51. The minimum Gasteiger partial charge on any atom is -0.326 e. The Morgan fingerprint density at radius 1 is 1.07 bits per heavy atom. The van der Waals surface area contributed by atoms with Gasteiger partial charge in [0.15, 0.2) is 0 Å². The van der Waals surface area contributed by atoms with Gasteiger partial charge in [0.2, 0.25) is 0 Å². The highest BCUT2D eigenvalue weighted by Gasteiger charge is 2.22. The average molecular weight is 212 g/mol. The van der Waals surface area contributed by atoms with Crippen LogP contribution in [0.1, 0.15) is 12.8 Å². The second kappa shape index (κ2) is 5.80. The first-order chi connectivity index (χ1) is 7.36. The SMILES string of the molecule is NC(CN1CCNCC1)C1CCNCC1. The van der Waals surface area contributed by atoms with E-state index in [1.165, 1.54) is 25.9 Å². The lowest BCUT2D eigenvalue weighted by Crippen LogP contribution is -2.51. The molecule has 0 aliphatic carbocycles. The lowest BCUT2D eigenvalue weighted by Gasteiger charge is -2.34. The van der Waals surface area contributed by atoms with Crippen LogP contribution >= 0.6 is 0 Å². The Hall–Kier alpha value is -0.160. The van der Waals surface area contributed by atoms with Gasteiger partial charge in [-0.1, -0.05) is 0 Å². The summed E-state index contributed by atoms with van der Waals surface area (Å²) in [5, 5.41) is 6.77. The molecular formula is C11H24N4. The standard InChI is InChI=1S/C11H24N4/c12-11(10-1-3-13-4-2-10)9-15-7-5-14-6-8-15/h10-11,13-14H,1-9,12H2. The predicted octanol–water partition coefficient (Wildman–Crippen LogP) is -0.781. The monoisotopic (exact) mass is 212 g/mol. The zero-order valence-corrected chi connectivity index (χ0v) is 9.54. The molecule has 4 N–H and O–H groups in total. The number of rotatable bonds is 3. The van der Waals surface area contributed by atoms with E-state index in [0.29, 0.717) is 6.04 Å². The molecule has 2 heterocycles. The number of piperazine rings is 1. The summed E-state index contributed by atoms with van der Waals surface area (Å²) in [5.74, 6) is 0.737. The van der Waals surface area contributed by atoms with Crippen LogP contribution in [0.4, 0.5) is 0 Å². The topological polar surface area (TPSA) is 53.3 Å². The van der Waals surface area contributed by atoms with Gasteiger partial charge in [-0.2, -0.15) is 0 Å². The molecule has 4 nitrogen and oxygen atoms in total. The van der Waals surface area contributed by atoms with Crippen molar-refractivity contribution in [3.8, 4) is 0 Å². The zero-order valence-electron chi connectivity index (χ0n) is 9.54. The van der Waals surface area contributed by atoms with Gasteiger partial charge in [0.1, 0.15) is 0 Å². The first-order valence-electron chi connectivity index (χ1n) is 6.25. The second-order valence-corrected chi connectivity index (χ2v) is 4.80. The smallest absolute Gasteiger partial charge is 0.0197 e. The molecule has 0 radical (unpaired) electrons. The van der Waals surface area contributed by atoms with Crippen molar-refractivity contribution in [1.82, 2.24) is 15.5 Å². The number of nitrogens with two attached hydrogens (primary N) is 1. The van der Waals surface area contributed by atoms with Gasteiger partial charge in [-0.3, -0.25) is 4.90 Å². The van der Waals surface area contributed by atoms with E-state index < -0.39 is 0 Å². The second-order valence-electron chi connectivity index (χ2n) is 4.80. The van der Waals surface area contributed by atoms with Gasteiger partial charge in [-0.05, 0) is 31.8 Å². The number of nitrogens with one attached hydrogen (secondary N) is 2. The van der Waals surface area contributed by atoms with Crippen LogP contribution in [-0.2, 0) is 0 Å². The van der Waals surface area contributed by atoms with Crippen molar-refractivity contribution < 1.29 is 0 Å². The van der Waals surface area contributed by atoms with Crippen LogP contribution in [0.15, 0.2) is 0 Å². The molecule has 2 saturated heterocycles. The molecule has 1 atom stereocenters. The van der Waals surface area contributed by atoms with Crippen LogP contribution in [0.2, 0.25) is 0 Å². The summed E-state index contributed by atoms with van der Waals surface area (Å²) in [6, 6.07) is 0.380. The summed E-state index contributed by atoms with van der Waals surface area (Å²) in [4.78, 5) is 2.50. The highest BCUT2D eigenvalue weighted by Crippen LogP contribution is 2.15. The third-order valence-corrected chi connectivity index (χ3v) is 3.67. The fraction of sp³-hybridized carbons (Fsp3) is 1.00. The van der Waals surface area contributed by atoms with Crippen LogP contribution < -0.4 is 16.4 Å². The molecule has 0 aromatic rings. The average Bonchev–Trinajstić information content (AvgIpc) is 2.31. The van der Waals surface area contributed by atoms with Crippen molar-refractivity contribution in [2.45, 2.75) is 18.9 Å². The van der Waals surface area contributed by atoms with Crippen LogP contribution in [0, 0.1) is 5.92 Å². The lowest BCUT2D eigenvalue weighted by atomic mass is 9.90. The van der Waals surface area contributed by atoms with E-state index in [1.54, 1.807) is 0 Å². The van der Waals surface area contributed by atoms with E-state index in [1.807, 2.05) is 0 Å². The summed E-state index contributed by atoms with van der Waals surface area (Å²) >= 11 is 0. The van der Waals surface area contributed by atoms with Crippen LogP contribution in [0.5, 0.6) is 0 Å². The third-order valence-electron chi connectivity index (χ3n) is 3.67. The molecule has 0 aromatic heterocycles. The molecule has 0 amide bonds. The predicted molar refractivity (Wildman–Crippen MR) is 62.9 cm³/mol. The summed E-state index contributed by atoms with van der Waals surface area (Å²) in [7, 11) is 0. The van der Waals surface area contributed by atoms with E-state index in [2.05, 4.69) is 15.5 Å². The summed E-state index contributed by atoms with van der Waals surface area (Å²) in [5.41, 5.74) is 6.29. The van der Waals surface area contributed by atoms with E-state index in [0.717, 1.165) is 38.6 Å². The van der Waals surface area contributed by atoms with Crippen molar-refractivity contribution in [3.63, 3.8) is 0 Å². The number of piperidine rings is 1. The molecule has 15 heavy (non-hydrogen) atoms. The van der Waals surface area contributed by atoms with Gasteiger partial charge in [0.05, 0.1) is 0 Å². The van der Waals surface area contributed by atoms with Crippen LogP contribution in [-0.4, -0.2) is 56.8 Å². The van der Waals surface area contributed by atoms with Crippen molar-refractivity contribution in [1.29, 1.82) is 0 Å². The zero-order chi connectivity index (χ0) is 10.5. The molecule has 0 aromatic carbocycles. The molecule has 2 fully saturated rings. The van der Waals surface area contributed by atoms with Gasteiger partial charge in [0, 0.05) is 38.8 Å². The van der Waals surface area contributed by atoms with Crippen LogP contribution in [0.3, 0.4) is 0 Å². The van der Waals surface area contributed by atoms with E-state index in [-0.39, 0.29) is 0 Å². The number of hydrogen-bond donors (Lipinski definition) is 3. The van der Waals surface area contributed by atoms with Crippen molar-refractivity contribution >= 4 is 0 Å². The molecule has 1 unspecified atom stereocenters. The Balaban J connectivity index is 1.72. The molecule has 2 aliphatic rings. The largest absolute Gasteiger partial charge is 0.326 e. The van der Waals surface area contributed by atoms with Crippen LogP contribution in [0.25, 0.3) is 0 Å². The fourth-order valence-corrected chi connectivity index (χ4v) is 2.61. The lowest BCUT2D eigenvalue weighted by molar-refractivity contribution is 0.192. The number of nitrogens with zero attached hydrogens (tertiary/aromatic N) is 1. The summed E-state index contributed by atoms with van der Waals surface area (Å²) in [6.45, 7) is 7.97. The van der Waals surface area contributed by atoms with Gasteiger partial charge in [-0.15, -0.1) is 0 Å². The highest BCUT2D eigenvalue weighted by molar-refractivity contribution is 4.82. The molecule has 88 valence electrons. The maximum absolute atomic E-state index is 6.29. The molecule has 2 rings (SSSR count). The Labute approximate surface area is 92.6 Å². The maximum atomic E-state index is 6.29. The molecule has 2 aliphatic heterocycles. The van der Waals surface area contributed by atoms with Gasteiger partial charge < -0.3 is 16.4 Å². The Morgan fingerprint density at radius 2 is 1.67 bits per heavy atom. The molecule has 0 bridgehead atoms.